The summed E-state index contributed by atoms with van der Waals surface area (Å²) in [7, 11) is 0. The van der Waals surface area contributed by atoms with Crippen LogP contribution < -0.4 is 5.73 Å². The lowest BCUT2D eigenvalue weighted by Gasteiger charge is -2.09. The van der Waals surface area contributed by atoms with E-state index in [1.54, 1.807) is 11.3 Å². The Bertz CT molecular complexity index is 737. The van der Waals surface area contributed by atoms with Crippen molar-refractivity contribution >= 4 is 22.1 Å². The van der Waals surface area contributed by atoms with Crippen molar-refractivity contribution in [3.8, 4) is 11.3 Å². The number of nitrogens with two attached hydrogens (primary N) is 1. The Morgan fingerprint density at radius 2 is 2.11 bits per heavy atom. The van der Waals surface area contributed by atoms with Crippen LogP contribution in [0.1, 0.15) is 30.9 Å². The summed E-state index contributed by atoms with van der Waals surface area (Å²) in [6, 6.07) is 6.60. The van der Waals surface area contributed by atoms with Gasteiger partial charge < -0.3 is 5.73 Å². The smallest absolute Gasteiger partial charge is 0.195 e. The number of thiazole rings is 1. The molecule has 0 unspecified atom stereocenters. The van der Waals surface area contributed by atoms with Gasteiger partial charge in [-0.3, -0.25) is 4.40 Å². The van der Waals surface area contributed by atoms with Crippen LogP contribution in [-0.2, 0) is 0 Å². The standard InChI is InChI=1S/C15H17N3S/c1-9(2)11-5-4-10(3)12(6-11)13-7-18-14(16)8-19-15(18)17-13/h4-9H,16H2,1-3H3. The fourth-order valence-electron chi connectivity index (χ4n) is 2.21. The van der Waals surface area contributed by atoms with E-state index in [0.29, 0.717) is 5.92 Å². The summed E-state index contributed by atoms with van der Waals surface area (Å²) in [6.45, 7) is 6.53. The van der Waals surface area contributed by atoms with Crippen LogP contribution in [-0.4, -0.2) is 9.38 Å². The summed E-state index contributed by atoms with van der Waals surface area (Å²) in [4.78, 5) is 5.61. The summed E-state index contributed by atoms with van der Waals surface area (Å²) in [5.41, 5.74) is 10.7. The van der Waals surface area contributed by atoms with Crippen molar-refractivity contribution in [1.82, 2.24) is 9.38 Å². The number of hydrogen-bond donors (Lipinski definition) is 1. The van der Waals surface area contributed by atoms with E-state index in [1.165, 1.54) is 16.7 Å². The molecule has 2 aromatic heterocycles. The van der Waals surface area contributed by atoms with Gasteiger partial charge in [0.25, 0.3) is 0 Å². The zero-order chi connectivity index (χ0) is 13.6. The number of nitrogen functional groups attached to an aromatic ring is 1. The number of fused-ring (bicyclic) bond motifs is 1. The van der Waals surface area contributed by atoms with Crippen molar-refractivity contribution in [1.29, 1.82) is 0 Å². The number of benzene rings is 1. The van der Waals surface area contributed by atoms with Gasteiger partial charge in [-0.2, -0.15) is 0 Å². The average Bonchev–Trinajstić information content (AvgIpc) is 2.92. The first-order valence-corrected chi connectivity index (χ1v) is 7.27. The van der Waals surface area contributed by atoms with Crippen molar-refractivity contribution in [2.75, 3.05) is 5.73 Å². The zero-order valence-electron chi connectivity index (χ0n) is 11.3. The van der Waals surface area contributed by atoms with Crippen LogP contribution >= 0.6 is 11.3 Å². The fraction of sp³-hybridized carbons (Fsp3) is 0.267. The highest BCUT2D eigenvalue weighted by Gasteiger charge is 2.11. The predicted octanol–water partition coefficient (Wildman–Crippen LogP) is 4.08. The van der Waals surface area contributed by atoms with E-state index in [1.807, 2.05) is 16.0 Å². The molecule has 3 rings (SSSR count). The summed E-state index contributed by atoms with van der Waals surface area (Å²) < 4.78 is 1.95. The minimum atomic E-state index is 0.521. The molecule has 0 spiro atoms. The maximum Gasteiger partial charge on any atom is 0.195 e. The molecule has 98 valence electrons. The molecular formula is C15H17N3S. The van der Waals surface area contributed by atoms with Gasteiger partial charge in [0.15, 0.2) is 4.96 Å². The third-order valence-electron chi connectivity index (χ3n) is 3.44. The second-order valence-electron chi connectivity index (χ2n) is 5.17. The van der Waals surface area contributed by atoms with E-state index < -0.39 is 0 Å². The molecular weight excluding hydrogens is 254 g/mol. The number of imidazole rings is 1. The topological polar surface area (TPSA) is 43.3 Å². The molecule has 0 fully saturated rings. The quantitative estimate of drug-likeness (QED) is 0.763. The first kappa shape index (κ1) is 12.2. The van der Waals surface area contributed by atoms with Crippen molar-refractivity contribution < 1.29 is 0 Å². The molecule has 1 aromatic carbocycles. The molecule has 19 heavy (non-hydrogen) atoms. The lowest BCUT2D eigenvalue weighted by atomic mass is 9.97. The van der Waals surface area contributed by atoms with E-state index in [4.69, 9.17) is 5.73 Å². The molecule has 0 bridgehead atoms. The number of anilines is 1. The van der Waals surface area contributed by atoms with E-state index in [-0.39, 0.29) is 0 Å². The first-order chi connectivity index (χ1) is 9.06. The molecule has 0 saturated heterocycles. The Morgan fingerprint density at radius 1 is 1.32 bits per heavy atom. The number of rotatable bonds is 2. The number of nitrogens with zero attached hydrogens (tertiary/aromatic N) is 2. The maximum absolute atomic E-state index is 5.92. The van der Waals surface area contributed by atoms with E-state index in [2.05, 4.69) is 44.0 Å². The van der Waals surface area contributed by atoms with Crippen molar-refractivity contribution in [3.05, 3.63) is 40.9 Å². The van der Waals surface area contributed by atoms with Crippen LogP contribution in [0.4, 0.5) is 5.82 Å². The highest BCUT2D eigenvalue weighted by Crippen LogP contribution is 2.29. The molecule has 0 aliphatic rings. The molecule has 4 heteroatoms. The molecule has 0 radical (unpaired) electrons. The monoisotopic (exact) mass is 271 g/mol. The summed E-state index contributed by atoms with van der Waals surface area (Å²) in [5.74, 6) is 1.27. The summed E-state index contributed by atoms with van der Waals surface area (Å²) in [6.07, 6.45) is 2.02. The second-order valence-corrected chi connectivity index (χ2v) is 6.00. The number of hydrogen-bond acceptors (Lipinski definition) is 3. The Kier molecular flexibility index (Phi) is 2.82. The second kappa shape index (κ2) is 4.38. The molecule has 0 aliphatic heterocycles. The normalized spacial score (nSPS) is 11.6. The number of aromatic nitrogens is 2. The van der Waals surface area contributed by atoms with Gasteiger partial charge in [-0.25, -0.2) is 4.98 Å². The van der Waals surface area contributed by atoms with Gasteiger partial charge in [0.2, 0.25) is 0 Å². The highest BCUT2D eigenvalue weighted by atomic mass is 32.1. The summed E-state index contributed by atoms with van der Waals surface area (Å²) >= 11 is 1.57. The van der Waals surface area contributed by atoms with Crippen molar-refractivity contribution in [2.24, 2.45) is 0 Å². The van der Waals surface area contributed by atoms with E-state index in [9.17, 15) is 0 Å². The first-order valence-electron chi connectivity index (χ1n) is 6.39. The van der Waals surface area contributed by atoms with E-state index >= 15 is 0 Å². The van der Waals surface area contributed by atoms with Gasteiger partial charge in [-0.15, -0.1) is 11.3 Å². The molecule has 0 aliphatic carbocycles. The highest BCUT2D eigenvalue weighted by molar-refractivity contribution is 7.15. The van der Waals surface area contributed by atoms with Crippen LogP contribution in [0.25, 0.3) is 16.2 Å². The lowest BCUT2D eigenvalue weighted by molar-refractivity contribution is 0.866. The van der Waals surface area contributed by atoms with Crippen LogP contribution in [0.5, 0.6) is 0 Å². The van der Waals surface area contributed by atoms with Gasteiger partial charge in [0.05, 0.1) is 5.69 Å². The molecule has 0 saturated carbocycles. The van der Waals surface area contributed by atoms with Gasteiger partial charge in [-0.1, -0.05) is 26.0 Å². The largest absolute Gasteiger partial charge is 0.384 e. The minimum Gasteiger partial charge on any atom is -0.384 e. The van der Waals surface area contributed by atoms with E-state index in [0.717, 1.165) is 16.5 Å². The fourth-order valence-corrected chi connectivity index (χ4v) is 2.97. The van der Waals surface area contributed by atoms with Crippen LogP contribution in [0.3, 0.4) is 0 Å². The Morgan fingerprint density at radius 3 is 2.79 bits per heavy atom. The third-order valence-corrected chi connectivity index (χ3v) is 4.30. The van der Waals surface area contributed by atoms with Gasteiger partial charge >= 0.3 is 0 Å². The van der Waals surface area contributed by atoms with Crippen molar-refractivity contribution in [2.45, 2.75) is 26.7 Å². The van der Waals surface area contributed by atoms with Crippen LogP contribution in [0.15, 0.2) is 29.8 Å². The third kappa shape index (κ3) is 2.02. The van der Waals surface area contributed by atoms with Gasteiger partial charge in [0.1, 0.15) is 5.82 Å². The zero-order valence-corrected chi connectivity index (χ0v) is 12.2. The molecule has 2 N–H and O–H groups in total. The molecule has 3 nitrogen and oxygen atoms in total. The van der Waals surface area contributed by atoms with Crippen molar-refractivity contribution in [3.63, 3.8) is 0 Å². The Labute approximate surface area is 116 Å². The van der Waals surface area contributed by atoms with Gasteiger partial charge in [0, 0.05) is 17.1 Å². The SMILES string of the molecule is Cc1ccc(C(C)C)cc1-c1cn2c(N)csc2n1. The maximum atomic E-state index is 5.92. The van der Waals surface area contributed by atoms with Crippen LogP contribution in [0, 0.1) is 6.92 Å². The number of aryl methyl sites for hydroxylation is 1. The van der Waals surface area contributed by atoms with Gasteiger partial charge in [-0.05, 0) is 30.0 Å². The summed E-state index contributed by atoms with van der Waals surface area (Å²) in [5, 5.41) is 1.92. The Hall–Kier alpha value is -1.81. The van der Waals surface area contributed by atoms with Crippen LogP contribution in [0.2, 0.25) is 0 Å². The molecule has 0 amide bonds. The molecule has 2 heterocycles. The lowest BCUT2D eigenvalue weighted by Crippen LogP contribution is -1.91. The average molecular weight is 271 g/mol. The minimum absolute atomic E-state index is 0.521. The Balaban J connectivity index is 2.17. The molecule has 0 atom stereocenters. The predicted molar refractivity (Wildman–Crippen MR) is 81.7 cm³/mol. The molecule has 3 aromatic rings.